The summed E-state index contributed by atoms with van der Waals surface area (Å²) >= 11 is 0. The molecule has 1 saturated heterocycles. The minimum atomic E-state index is 0.462. The number of likely N-dealkylation sites (N-methyl/N-ethyl adjacent to an activating group) is 1. The average Bonchev–Trinajstić information content (AvgIpc) is 2.87. The number of nitrogens with one attached hydrogen (secondary N) is 1. The summed E-state index contributed by atoms with van der Waals surface area (Å²) in [5.74, 6) is 1.07. The summed E-state index contributed by atoms with van der Waals surface area (Å²) in [5, 5.41) is 11.7. The van der Waals surface area contributed by atoms with Gasteiger partial charge in [-0.3, -0.25) is 4.90 Å². The van der Waals surface area contributed by atoms with Crippen LogP contribution in [0.25, 0.3) is 0 Å². The van der Waals surface area contributed by atoms with Crippen LogP contribution in [0.15, 0.2) is 6.33 Å². The lowest BCUT2D eigenvalue weighted by Gasteiger charge is -2.41. The maximum atomic E-state index is 5.66. The lowest BCUT2D eigenvalue weighted by molar-refractivity contribution is -0.0129. The smallest absolute Gasteiger partial charge is 0.147 e. The molecule has 2 atom stereocenters. The van der Waals surface area contributed by atoms with Crippen molar-refractivity contribution in [2.45, 2.75) is 38.5 Å². The minimum Gasteiger partial charge on any atom is -0.380 e. The Morgan fingerprint density at radius 2 is 2.44 bits per heavy atom. The summed E-state index contributed by atoms with van der Waals surface area (Å²) in [5.41, 5.74) is 0. The molecule has 2 aliphatic rings. The molecule has 0 radical (unpaired) electrons. The first-order valence-electron chi connectivity index (χ1n) is 6.80. The summed E-state index contributed by atoms with van der Waals surface area (Å²) in [6, 6.07) is 1.00. The van der Waals surface area contributed by atoms with Gasteiger partial charge in [0.2, 0.25) is 0 Å². The molecule has 100 valence electrons. The minimum absolute atomic E-state index is 0.462. The van der Waals surface area contributed by atoms with Crippen molar-refractivity contribution in [1.82, 2.24) is 25.0 Å². The van der Waals surface area contributed by atoms with E-state index in [2.05, 4.69) is 31.9 Å². The molecule has 0 spiro atoms. The fourth-order valence-corrected chi connectivity index (χ4v) is 2.95. The highest BCUT2D eigenvalue weighted by atomic mass is 16.5. The van der Waals surface area contributed by atoms with E-state index in [-0.39, 0.29) is 0 Å². The van der Waals surface area contributed by atoms with Crippen molar-refractivity contribution in [1.29, 1.82) is 0 Å². The second kappa shape index (κ2) is 5.34. The highest BCUT2D eigenvalue weighted by Crippen LogP contribution is 2.19. The van der Waals surface area contributed by atoms with Crippen molar-refractivity contribution in [2.24, 2.45) is 0 Å². The van der Waals surface area contributed by atoms with Crippen molar-refractivity contribution in [3.05, 3.63) is 12.2 Å². The Bertz CT molecular complexity index is 392. The van der Waals surface area contributed by atoms with E-state index in [0.29, 0.717) is 12.1 Å². The first-order chi connectivity index (χ1) is 8.88. The van der Waals surface area contributed by atoms with Gasteiger partial charge in [-0.1, -0.05) is 6.92 Å². The van der Waals surface area contributed by atoms with E-state index in [0.717, 1.165) is 51.6 Å². The molecule has 0 bridgehead atoms. The monoisotopic (exact) mass is 251 g/mol. The molecule has 6 heteroatoms. The second-order valence-corrected chi connectivity index (χ2v) is 5.01. The summed E-state index contributed by atoms with van der Waals surface area (Å²) < 4.78 is 7.80. The van der Waals surface area contributed by atoms with Crippen LogP contribution >= 0.6 is 0 Å². The fraction of sp³-hybridized carbons (Fsp3) is 0.833. The van der Waals surface area contributed by atoms with Crippen molar-refractivity contribution < 1.29 is 4.74 Å². The number of aromatic nitrogens is 3. The van der Waals surface area contributed by atoms with Crippen LogP contribution in [0.5, 0.6) is 0 Å². The van der Waals surface area contributed by atoms with Gasteiger partial charge in [0.15, 0.2) is 0 Å². The van der Waals surface area contributed by atoms with Gasteiger partial charge in [0.1, 0.15) is 12.2 Å². The zero-order valence-electron chi connectivity index (χ0n) is 10.9. The van der Waals surface area contributed by atoms with Gasteiger partial charge in [0, 0.05) is 31.8 Å². The van der Waals surface area contributed by atoms with Gasteiger partial charge in [-0.2, -0.15) is 0 Å². The molecule has 0 saturated carbocycles. The topological polar surface area (TPSA) is 55.2 Å². The summed E-state index contributed by atoms with van der Waals surface area (Å²) in [4.78, 5) is 2.48. The van der Waals surface area contributed by atoms with E-state index in [1.54, 1.807) is 0 Å². The number of ether oxygens (including phenoxy) is 1. The highest BCUT2D eigenvalue weighted by Gasteiger charge is 2.32. The number of fused-ring (bicyclic) bond motifs is 1. The van der Waals surface area contributed by atoms with Crippen LogP contribution in [-0.2, 0) is 17.8 Å². The zero-order chi connectivity index (χ0) is 12.4. The highest BCUT2D eigenvalue weighted by molar-refractivity contribution is 4.95. The molecule has 1 aromatic heterocycles. The normalized spacial score (nSPS) is 29.2. The molecule has 1 fully saturated rings. The van der Waals surface area contributed by atoms with Crippen LogP contribution in [0.4, 0.5) is 0 Å². The largest absolute Gasteiger partial charge is 0.380 e. The van der Waals surface area contributed by atoms with Crippen LogP contribution in [0.2, 0.25) is 0 Å². The second-order valence-electron chi connectivity index (χ2n) is 5.01. The SMILES string of the molecule is CCNC1CCOCC1N1CCn2cnnc2C1. The van der Waals surface area contributed by atoms with Crippen LogP contribution in [0.3, 0.4) is 0 Å². The van der Waals surface area contributed by atoms with Gasteiger partial charge in [0.25, 0.3) is 0 Å². The third-order valence-electron chi connectivity index (χ3n) is 3.93. The number of hydrogen-bond donors (Lipinski definition) is 1. The van der Waals surface area contributed by atoms with Crippen molar-refractivity contribution in [2.75, 3.05) is 26.3 Å². The molecule has 18 heavy (non-hydrogen) atoms. The van der Waals surface area contributed by atoms with Gasteiger partial charge in [-0.25, -0.2) is 0 Å². The molecule has 3 rings (SSSR count). The Morgan fingerprint density at radius 3 is 3.33 bits per heavy atom. The van der Waals surface area contributed by atoms with E-state index < -0.39 is 0 Å². The molecule has 1 N–H and O–H groups in total. The van der Waals surface area contributed by atoms with Crippen LogP contribution < -0.4 is 5.32 Å². The van der Waals surface area contributed by atoms with E-state index in [1.807, 2.05) is 6.33 Å². The standard InChI is InChI=1S/C12H21N5O/c1-2-13-10-3-6-18-8-11(10)16-4-5-17-9-14-15-12(17)7-16/h9-11,13H,2-8H2,1H3. The Morgan fingerprint density at radius 1 is 1.50 bits per heavy atom. The lowest BCUT2D eigenvalue weighted by atomic mass is 10.0. The van der Waals surface area contributed by atoms with Crippen molar-refractivity contribution in [3.63, 3.8) is 0 Å². The predicted molar refractivity (Wildman–Crippen MR) is 67.1 cm³/mol. The maximum Gasteiger partial charge on any atom is 0.147 e. The van der Waals surface area contributed by atoms with Crippen LogP contribution in [0, 0.1) is 0 Å². The number of hydrogen-bond acceptors (Lipinski definition) is 5. The Hall–Kier alpha value is -0.980. The van der Waals surface area contributed by atoms with Gasteiger partial charge >= 0.3 is 0 Å². The van der Waals surface area contributed by atoms with E-state index in [1.165, 1.54) is 0 Å². The van der Waals surface area contributed by atoms with Crippen LogP contribution in [-0.4, -0.2) is 58.1 Å². The van der Waals surface area contributed by atoms with E-state index in [9.17, 15) is 0 Å². The van der Waals surface area contributed by atoms with Crippen molar-refractivity contribution >= 4 is 0 Å². The molecule has 0 amide bonds. The Labute approximate surface area is 107 Å². The molecule has 3 heterocycles. The molecule has 0 aromatic carbocycles. The quantitative estimate of drug-likeness (QED) is 0.810. The summed E-state index contributed by atoms with van der Waals surface area (Å²) in [7, 11) is 0. The molecule has 2 aliphatic heterocycles. The van der Waals surface area contributed by atoms with Gasteiger partial charge in [-0.15, -0.1) is 10.2 Å². The van der Waals surface area contributed by atoms with Gasteiger partial charge in [-0.05, 0) is 13.0 Å². The number of rotatable bonds is 3. The molecular formula is C12H21N5O. The zero-order valence-corrected chi connectivity index (χ0v) is 10.9. The third kappa shape index (κ3) is 2.28. The van der Waals surface area contributed by atoms with Crippen LogP contribution in [0.1, 0.15) is 19.2 Å². The summed E-state index contributed by atoms with van der Waals surface area (Å²) in [6.45, 7) is 7.81. The number of nitrogens with zero attached hydrogens (tertiary/aromatic N) is 4. The van der Waals surface area contributed by atoms with Gasteiger partial charge in [0.05, 0.1) is 13.2 Å². The van der Waals surface area contributed by atoms with Gasteiger partial charge < -0.3 is 14.6 Å². The first kappa shape index (κ1) is 12.1. The predicted octanol–water partition coefficient (Wildman–Crippen LogP) is -0.139. The summed E-state index contributed by atoms with van der Waals surface area (Å²) in [6.07, 6.45) is 2.92. The first-order valence-corrected chi connectivity index (χ1v) is 6.80. The maximum absolute atomic E-state index is 5.66. The molecular weight excluding hydrogens is 230 g/mol. The molecule has 1 aromatic rings. The van der Waals surface area contributed by atoms with E-state index in [4.69, 9.17) is 4.74 Å². The third-order valence-corrected chi connectivity index (χ3v) is 3.93. The molecule has 6 nitrogen and oxygen atoms in total. The Kier molecular flexibility index (Phi) is 3.58. The van der Waals surface area contributed by atoms with Crippen molar-refractivity contribution in [3.8, 4) is 0 Å². The molecule has 2 unspecified atom stereocenters. The Balaban J connectivity index is 1.70. The lowest BCUT2D eigenvalue weighted by Crippen LogP contribution is -2.56. The molecule has 0 aliphatic carbocycles. The average molecular weight is 251 g/mol. The fourth-order valence-electron chi connectivity index (χ4n) is 2.95. The van der Waals surface area contributed by atoms with E-state index >= 15 is 0 Å².